The summed E-state index contributed by atoms with van der Waals surface area (Å²) in [6, 6.07) is 0.0104. The molecule has 6 N–H and O–H groups in total. The van der Waals surface area contributed by atoms with E-state index in [1.54, 1.807) is 6.08 Å². The fourth-order valence-electron chi connectivity index (χ4n) is 0.796. The van der Waals surface area contributed by atoms with E-state index in [-0.39, 0.29) is 36.8 Å². The van der Waals surface area contributed by atoms with E-state index in [4.69, 9.17) is 16.9 Å². The lowest BCUT2D eigenvalue weighted by Gasteiger charge is -2.05. The van der Waals surface area contributed by atoms with E-state index in [2.05, 4.69) is 17.6 Å². The Morgan fingerprint density at radius 3 is 2.57 bits per heavy atom. The van der Waals surface area contributed by atoms with Crippen LogP contribution in [-0.2, 0) is 0 Å². The van der Waals surface area contributed by atoms with Crippen LogP contribution in [-0.4, -0.2) is 18.5 Å². The van der Waals surface area contributed by atoms with Crippen molar-refractivity contribution in [1.29, 1.82) is 5.41 Å². The summed E-state index contributed by atoms with van der Waals surface area (Å²) in [5, 5.41) is 9.56. The Labute approximate surface area is 97.1 Å². The van der Waals surface area contributed by atoms with Gasteiger partial charge in [-0.05, 0) is 18.9 Å². The zero-order valence-corrected chi connectivity index (χ0v) is 9.59. The molecular formula is C8H18Cl2N4. The highest BCUT2D eigenvalue weighted by Crippen LogP contribution is 1.93. The minimum Gasteiger partial charge on any atom is -0.370 e. The third kappa shape index (κ3) is 13.9. The van der Waals surface area contributed by atoms with Crippen molar-refractivity contribution in [1.82, 2.24) is 5.32 Å². The van der Waals surface area contributed by atoms with Gasteiger partial charge in [-0.3, -0.25) is 5.41 Å². The Kier molecular flexibility index (Phi) is 16.7. The lowest BCUT2D eigenvalue weighted by Crippen LogP contribution is -2.31. The molecule has 0 saturated carbocycles. The van der Waals surface area contributed by atoms with E-state index in [1.807, 2.05) is 0 Å². The molecule has 1 unspecified atom stereocenters. The third-order valence-electron chi connectivity index (χ3n) is 1.36. The highest BCUT2D eigenvalue weighted by atomic mass is 35.5. The van der Waals surface area contributed by atoms with Crippen LogP contribution in [0.5, 0.6) is 0 Å². The maximum Gasteiger partial charge on any atom is 0.185 e. The zero-order valence-electron chi connectivity index (χ0n) is 7.95. The summed E-state index contributed by atoms with van der Waals surface area (Å²) >= 11 is 0. The number of rotatable bonds is 5. The molecule has 1 atom stereocenters. The van der Waals surface area contributed by atoms with Crippen LogP contribution in [0.4, 0.5) is 0 Å². The zero-order chi connectivity index (χ0) is 9.40. The number of guanidine groups is 1. The topological polar surface area (TPSA) is 87.9 Å². The van der Waals surface area contributed by atoms with Crippen LogP contribution in [0, 0.1) is 5.41 Å². The minimum atomic E-state index is 0. The fraction of sp³-hybridized carbons (Fsp3) is 0.500. The van der Waals surface area contributed by atoms with Gasteiger partial charge in [-0.2, -0.15) is 0 Å². The second-order valence-electron chi connectivity index (χ2n) is 2.52. The van der Waals surface area contributed by atoms with E-state index in [0.717, 1.165) is 12.8 Å². The van der Waals surface area contributed by atoms with Crippen molar-refractivity contribution in [2.45, 2.75) is 18.9 Å². The summed E-state index contributed by atoms with van der Waals surface area (Å²) < 4.78 is 0. The minimum absolute atomic E-state index is 0. The van der Waals surface area contributed by atoms with Crippen LogP contribution in [0.15, 0.2) is 18.4 Å². The quantitative estimate of drug-likeness (QED) is 0.248. The van der Waals surface area contributed by atoms with Gasteiger partial charge in [-0.25, -0.2) is 0 Å². The molecule has 0 bridgehead atoms. The first-order valence-electron chi connectivity index (χ1n) is 3.86. The van der Waals surface area contributed by atoms with Crippen molar-refractivity contribution in [2.75, 3.05) is 6.54 Å². The van der Waals surface area contributed by atoms with Gasteiger partial charge in [0, 0.05) is 12.6 Å². The largest absolute Gasteiger partial charge is 0.370 e. The molecule has 0 rings (SSSR count). The Bertz CT molecular complexity index is 190. The predicted octanol–water partition coefficient (Wildman–Crippen LogP) is 0.762. The van der Waals surface area contributed by atoms with Gasteiger partial charge in [0.1, 0.15) is 0 Å². The summed E-state index contributed by atoms with van der Waals surface area (Å²) in [5.41, 5.74) is 13.3. The highest BCUT2D eigenvalue weighted by Gasteiger charge is 1.96. The molecule has 0 aromatic rings. The summed E-state index contributed by atoms with van der Waals surface area (Å²) in [6.07, 6.45) is 3.47. The van der Waals surface area contributed by atoms with Crippen molar-refractivity contribution in [3.63, 3.8) is 0 Å². The van der Waals surface area contributed by atoms with Gasteiger partial charge in [0.25, 0.3) is 0 Å². The van der Waals surface area contributed by atoms with E-state index in [9.17, 15) is 0 Å². The van der Waals surface area contributed by atoms with E-state index >= 15 is 0 Å². The molecule has 84 valence electrons. The number of nitrogens with one attached hydrogen (secondary N) is 2. The molecule has 0 aliphatic carbocycles. The molecule has 0 spiro atoms. The van der Waals surface area contributed by atoms with Gasteiger partial charge in [0.2, 0.25) is 0 Å². The van der Waals surface area contributed by atoms with E-state index in [1.165, 1.54) is 0 Å². The smallest absolute Gasteiger partial charge is 0.185 e. The molecule has 0 aromatic carbocycles. The molecule has 0 heterocycles. The first-order chi connectivity index (χ1) is 5.66. The Balaban J connectivity index is -0.000000605. The average molecular weight is 241 g/mol. The summed E-state index contributed by atoms with van der Waals surface area (Å²) in [6.45, 7) is 4.12. The maximum atomic E-state index is 6.87. The second-order valence-corrected chi connectivity index (χ2v) is 2.52. The van der Waals surface area contributed by atoms with Crippen LogP contribution in [0.2, 0.25) is 0 Å². The molecule has 0 saturated heterocycles. The van der Waals surface area contributed by atoms with E-state index < -0.39 is 0 Å². The van der Waals surface area contributed by atoms with Crippen LogP contribution in [0.1, 0.15) is 12.8 Å². The number of hydrogen-bond donors (Lipinski definition) is 4. The standard InChI is InChI=1S/C8H16N4.2ClH/c1-2-4-7(9)5-3-6-12-8(10)11;;/h4,7H,1,3,5-6,9H2,(H4,10,11,12);2*1H. The van der Waals surface area contributed by atoms with Crippen molar-refractivity contribution in [3.05, 3.63) is 18.4 Å². The number of hydrogen-bond acceptors (Lipinski definition) is 2. The Morgan fingerprint density at radius 2 is 2.14 bits per heavy atom. The third-order valence-corrected chi connectivity index (χ3v) is 1.36. The fourth-order valence-corrected chi connectivity index (χ4v) is 0.796. The molecule has 0 fully saturated rings. The summed E-state index contributed by atoms with van der Waals surface area (Å²) in [4.78, 5) is 0. The van der Waals surface area contributed by atoms with Crippen molar-refractivity contribution >= 4 is 30.8 Å². The van der Waals surface area contributed by atoms with Gasteiger partial charge in [0.15, 0.2) is 5.96 Å². The predicted molar refractivity (Wildman–Crippen MR) is 65.3 cm³/mol. The number of halogens is 2. The van der Waals surface area contributed by atoms with E-state index in [0.29, 0.717) is 6.54 Å². The molecular weight excluding hydrogens is 223 g/mol. The van der Waals surface area contributed by atoms with Crippen LogP contribution >= 0.6 is 24.8 Å². The van der Waals surface area contributed by atoms with Gasteiger partial charge in [-0.1, -0.05) is 6.58 Å². The lowest BCUT2D eigenvalue weighted by molar-refractivity contribution is 0.651. The van der Waals surface area contributed by atoms with Crippen molar-refractivity contribution < 1.29 is 0 Å². The van der Waals surface area contributed by atoms with Gasteiger partial charge in [-0.15, -0.1) is 30.5 Å². The average Bonchev–Trinajstić information content (AvgIpc) is 1.98. The van der Waals surface area contributed by atoms with Crippen LogP contribution in [0.25, 0.3) is 0 Å². The lowest BCUT2D eigenvalue weighted by atomic mass is 10.1. The normalized spacial score (nSPS) is 9.79. The first kappa shape index (κ1) is 19.0. The molecule has 0 aromatic heterocycles. The van der Waals surface area contributed by atoms with Crippen molar-refractivity contribution in [2.24, 2.45) is 11.5 Å². The van der Waals surface area contributed by atoms with Crippen LogP contribution < -0.4 is 16.8 Å². The van der Waals surface area contributed by atoms with Gasteiger partial charge < -0.3 is 16.8 Å². The van der Waals surface area contributed by atoms with Crippen LogP contribution in [0.3, 0.4) is 0 Å². The summed E-state index contributed by atoms with van der Waals surface area (Å²) in [7, 11) is 0. The molecule has 0 radical (unpaired) electrons. The molecule has 0 amide bonds. The molecule has 0 aliphatic heterocycles. The monoisotopic (exact) mass is 240 g/mol. The SMILES string of the molecule is C=C=CC(N)CCCNC(=N)N.Cl.Cl. The first-order valence-corrected chi connectivity index (χ1v) is 3.86. The molecule has 14 heavy (non-hydrogen) atoms. The maximum absolute atomic E-state index is 6.87. The van der Waals surface area contributed by atoms with Gasteiger partial charge >= 0.3 is 0 Å². The molecule has 0 aliphatic rings. The highest BCUT2D eigenvalue weighted by molar-refractivity contribution is 5.85. The summed E-state index contributed by atoms with van der Waals surface area (Å²) in [5.74, 6) is 0.00262. The Morgan fingerprint density at radius 1 is 1.57 bits per heavy atom. The molecule has 6 heteroatoms. The van der Waals surface area contributed by atoms with Crippen molar-refractivity contribution in [3.8, 4) is 0 Å². The molecule has 4 nitrogen and oxygen atoms in total. The van der Waals surface area contributed by atoms with Gasteiger partial charge in [0.05, 0.1) is 0 Å². The Hall–Kier alpha value is -0.670. The second kappa shape index (κ2) is 12.3. The number of nitrogens with two attached hydrogens (primary N) is 2.